The van der Waals surface area contributed by atoms with E-state index < -0.39 is 7.75 Å². The van der Waals surface area contributed by atoms with Crippen LogP contribution in [0, 0.1) is 0 Å². The number of imidazole rings is 1. The van der Waals surface area contributed by atoms with Crippen LogP contribution in [0.5, 0.6) is 0 Å². The number of rotatable bonds is 3. The molecular formula is C8H10N3O3P. The molecule has 0 bridgehead atoms. The first kappa shape index (κ1) is 10.2. The second kappa shape index (κ2) is 3.66. The predicted molar refractivity (Wildman–Crippen MR) is 56.6 cm³/mol. The summed E-state index contributed by atoms with van der Waals surface area (Å²) in [4.78, 5) is 16.1. The number of benzene rings is 1. The van der Waals surface area contributed by atoms with Gasteiger partial charge in [-0.3, -0.25) is 9.61 Å². The lowest BCUT2D eigenvalue weighted by Gasteiger charge is -2.07. The normalized spacial score (nSPS) is 15.1. The zero-order valence-electron chi connectivity index (χ0n) is 7.97. The minimum atomic E-state index is -3.79. The number of nitrogens with zero attached hydrogens (tertiary/aromatic N) is 1. The van der Waals surface area contributed by atoms with Crippen molar-refractivity contribution in [1.29, 1.82) is 0 Å². The topological polar surface area (TPSA) is 87.2 Å². The van der Waals surface area contributed by atoms with Crippen LogP contribution in [0.25, 0.3) is 11.0 Å². The highest BCUT2D eigenvalue weighted by Crippen LogP contribution is 2.40. The van der Waals surface area contributed by atoms with Crippen LogP contribution < -0.4 is 5.09 Å². The van der Waals surface area contributed by atoms with Crippen molar-refractivity contribution in [2.45, 2.75) is 0 Å². The smallest absolute Gasteiger partial charge is 0.324 e. The van der Waals surface area contributed by atoms with Crippen LogP contribution in [-0.2, 0) is 9.09 Å². The first-order valence-corrected chi connectivity index (χ1v) is 5.80. The van der Waals surface area contributed by atoms with E-state index in [1.807, 2.05) is 18.2 Å². The molecule has 1 aromatic carbocycles. The lowest BCUT2D eigenvalue weighted by atomic mass is 10.3. The fourth-order valence-electron chi connectivity index (χ4n) is 1.19. The Morgan fingerprint density at radius 2 is 2.27 bits per heavy atom. The van der Waals surface area contributed by atoms with E-state index in [1.165, 1.54) is 0 Å². The summed E-state index contributed by atoms with van der Waals surface area (Å²) in [5.41, 5.74) is 1.51. The average Bonchev–Trinajstić information content (AvgIpc) is 2.58. The second-order valence-electron chi connectivity index (χ2n) is 2.92. The van der Waals surface area contributed by atoms with E-state index in [0.717, 1.165) is 18.1 Å². The maximum atomic E-state index is 11.2. The second-order valence-corrected chi connectivity index (χ2v) is 4.55. The molecule has 2 rings (SSSR count). The SMILES string of the molecule is COP(=O)(O)Nc1nc2ccccc2[nH]1. The number of hydrogen-bond acceptors (Lipinski definition) is 3. The largest absolute Gasteiger partial charge is 0.432 e. The fourth-order valence-corrected chi connectivity index (χ4v) is 1.65. The minimum Gasteiger partial charge on any atom is -0.324 e. The van der Waals surface area contributed by atoms with Gasteiger partial charge in [0.2, 0.25) is 5.95 Å². The van der Waals surface area contributed by atoms with E-state index in [0.29, 0.717) is 0 Å². The van der Waals surface area contributed by atoms with E-state index >= 15 is 0 Å². The summed E-state index contributed by atoms with van der Waals surface area (Å²) in [6.07, 6.45) is 0. The van der Waals surface area contributed by atoms with Crippen molar-refractivity contribution in [2.24, 2.45) is 0 Å². The van der Waals surface area contributed by atoms with Crippen LogP contribution in [0.2, 0.25) is 0 Å². The van der Waals surface area contributed by atoms with Gasteiger partial charge in [-0.15, -0.1) is 0 Å². The Hall–Kier alpha value is -1.36. The molecule has 0 saturated heterocycles. The van der Waals surface area contributed by atoms with Gasteiger partial charge in [0.05, 0.1) is 11.0 Å². The van der Waals surface area contributed by atoms with Crippen LogP contribution in [0.1, 0.15) is 0 Å². The van der Waals surface area contributed by atoms with Crippen molar-refractivity contribution >= 4 is 24.7 Å². The van der Waals surface area contributed by atoms with E-state index in [-0.39, 0.29) is 5.95 Å². The molecule has 3 N–H and O–H groups in total. The van der Waals surface area contributed by atoms with Crippen LogP contribution in [0.3, 0.4) is 0 Å². The van der Waals surface area contributed by atoms with Gasteiger partial charge in [-0.1, -0.05) is 12.1 Å². The monoisotopic (exact) mass is 227 g/mol. The third-order valence-electron chi connectivity index (χ3n) is 1.88. The molecule has 1 unspecified atom stereocenters. The summed E-state index contributed by atoms with van der Waals surface area (Å²) in [6, 6.07) is 7.30. The Morgan fingerprint density at radius 1 is 1.53 bits per heavy atom. The molecule has 80 valence electrons. The number of para-hydroxylation sites is 2. The number of nitrogens with one attached hydrogen (secondary N) is 2. The summed E-state index contributed by atoms with van der Waals surface area (Å²) >= 11 is 0. The third-order valence-corrected chi connectivity index (χ3v) is 2.87. The molecule has 2 aromatic rings. The van der Waals surface area contributed by atoms with E-state index in [2.05, 4.69) is 19.6 Å². The van der Waals surface area contributed by atoms with Crippen molar-refractivity contribution in [3.63, 3.8) is 0 Å². The minimum absolute atomic E-state index is 0.212. The Morgan fingerprint density at radius 3 is 2.93 bits per heavy atom. The van der Waals surface area contributed by atoms with Gasteiger partial charge in [0.1, 0.15) is 0 Å². The van der Waals surface area contributed by atoms with Gasteiger partial charge < -0.3 is 9.88 Å². The molecule has 0 amide bonds. The van der Waals surface area contributed by atoms with Crippen LogP contribution in [0.15, 0.2) is 24.3 Å². The molecule has 6 nitrogen and oxygen atoms in total. The number of aromatic nitrogens is 2. The fraction of sp³-hybridized carbons (Fsp3) is 0.125. The van der Waals surface area contributed by atoms with Crippen LogP contribution >= 0.6 is 7.75 Å². The molecule has 7 heteroatoms. The predicted octanol–water partition coefficient (Wildman–Crippen LogP) is 1.72. The van der Waals surface area contributed by atoms with E-state index in [1.54, 1.807) is 6.07 Å². The standard InChI is InChI=1S/C8H10N3O3P/c1-14-15(12,13)11-8-9-6-4-2-3-5-7(6)10-8/h2-5H,1H3,(H3,9,10,11,12,13). The molecule has 1 heterocycles. The summed E-state index contributed by atoms with van der Waals surface area (Å²) in [6.45, 7) is 0. The summed E-state index contributed by atoms with van der Waals surface area (Å²) in [7, 11) is -2.65. The zero-order valence-corrected chi connectivity index (χ0v) is 8.86. The first-order valence-electron chi connectivity index (χ1n) is 4.22. The van der Waals surface area contributed by atoms with Crippen molar-refractivity contribution in [3.05, 3.63) is 24.3 Å². The zero-order chi connectivity index (χ0) is 10.9. The Balaban J connectivity index is 2.34. The number of fused-ring (bicyclic) bond motifs is 1. The summed E-state index contributed by atoms with van der Waals surface area (Å²) in [5, 5.41) is 2.28. The molecule has 0 aliphatic rings. The number of H-pyrrole nitrogens is 1. The lowest BCUT2D eigenvalue weighted by Crippen LogP contribution is -1.98. The average molecular weight is 227 g/mol. The Kier molecular flexibility index (Phi) is 2.48. The first-order chi connectivity index (χ1) is 7.11. The molecule has 1 atom stereocenters. The van der Waals surface area contributed by atoms with Gasteiger partial charge >= 0.3 is 7.75 Å². The molecule has 1 aromatic heterocycles. The maximum Gasteiger partial charge on any atom is 0.432 e. The van der Waals surface area contributed by atoms with Crippen molar-refractivity contribution < 1.29 is 14.0 Å². The van der Waals surface area contributed by atoms with E-state index in [4.69, 9.17) is 4.89 Å². The van der Waals surface area contributed by atoms with Gasteiger partial charge in [-0.25, -0.2) is 9.55 Å². The lowest BCUT2D eigenvalue weighted by molar-refractivity contribution is 0.321. The van der Waals surface area contributed by atoms with Gasteiger partial charge in [-0.05, 0) is 12.1 Å². The highest BCUT2D eigenvalue weighted by atomic mass is 31.2. The number of aromatic amines is 1. The summed E-state index contributed by atoms with van der Waals surface area (Å²) < 4.78 is 15.6. The maximum absolute atomic E-state index is 11.2. The van der Waals surface area contributed by atoms with Crippen LogP contribution in [-0.4, -0.2) is 22.0 Å². The number of anilines is 1. The van der Waals surface area contributed by atoms with Crippen LogP contribution in [0.4, 0.5) is 5.95 Å². The van der Waals surface area contributed by atoms with Crippen molar-refractivity contribution in [1.82, 2.24) is 9.97 Å². The van der Waals surface area contributed by atoms with Crippen molar-refractivity contribution in [3.8, 4) is 0 Å². The van der Waals surface area contributed by atoms with E-state index in [9.17, 15) is 4.57 Å². The van der Waals surface area contributed by atoms with Crippen molar-refractivity contribution in [2.75, 3.05) is 12.2 Å². The molecule has 0 saturated carbocycles. The van der Waals surface area contributed by atoms with Gasteiger partial charge in [0.25, 0.3) is 0 Å². The van der Waals surface area contributed by atoms with Gasteiger partial charge in [0.15, 0.2) is 0 Å². The Bertz CT molecular complexity index is 492. The van der Waals surface area contributed by atoms with Gasteiger partial charge in [0, 0.05) is 7.11 Å². The quantitative estimate of drug-likeness (QED) is 0.695. The molecule has 0 spiro atoms. The Labute approximate surface area is 85.9 Å². The molecule has 0 aliphatic heterocycles. The molecule has 0 fully saturated rings. The molecular weight excluding hydrogens is 217 g/mol. The third kappa shape index (κ3) is 2.18. The molecule has 0 aliphatic carbocycles. The summed E-state index contributed by atoms with van der Waals surface area (Å²) in [5.74, 6) is 0.212. The molecule has 0 radical (unpaired) electrons. The number of hydrogen-bond donors (Lipinski definition) is 3. The molecule has 15 heavy (non-hydrogen) atoms. The highest BCUT2D eigenvalue weighted by molar-refractivity contribution is 7.54. The highest BCUT2D eigenvalue weighted by Gasteiger charge is 2.18. The van der Waals surface area contributed by atoms with Gasteiger partial charge in [-0.2, -0.15) is 0 Å².